The SMILES string of the molecule is C[C@@H]1CC(=O)NCCN1c1ncnc2ccsc12. The van der Waals surface area contributed by atoms with Gasteiger partial charge in [0.15, 0.2) is 0 Å². The molecule has 1 amide bonds. The third-order valence-electron chi connectivity index (χ3n) is 3.18. The van der Waals surface area contributed by atoms with Gasteiger partial charge in [-0.2, -0.15) is 0 Å². The van der Waals surface area contributed by atoms with Crippen molar-refractivity contribution in [2.75, 3.05) is 18.0 Å². The minimum absolute atomic E-state index is 0.112. The highest BCUT2D eigenvalue weighted by atomic mass is 32.1. The number of nitrogens with zero attached hydrogens (tertiary/aromatic N) is 3. The number of anilines is 1. The van der Waals surface area contributed by atoms with Gasteiger partial charge in [-0.1, -0.05) is 0 Å². The summed E-state index contributed by atoms with van der Waals surface area (Å²) in [7, 11) is 0. The molecule has 94 valence electrons. The maximum atomic E-state index is 11.5. The molecule has 0 radical (unpaired) electrons. The molecule has 1 fully saturated rings. The number of fused-ring (bicyclic) bond motifs is 1. The Hall–Kier alpha value is -1.69. The van der Waals surface area contributed by atoms with Crippen LogP contribution in [0, 0.1) is 0 Å². The highest BCUT2D eigenvalue weighted by molar-refractivity contribution is 7.17. The van der Waals surface area contributed by atoms with Crippen molar-refractivity contribution in [1.29, 1.82) is 0 Å². The normalized spacial score (nSPS) is 20.8. The Labute approximate surface area is 109 Å². The van der Waals surface area contributed by atoms with E-state index in [4.69, 9.17) is 0 Å². The van der Waals surface area contributed by atoms with E-state index >= 15 is 0 Å². The van der Waals surface area contributed by atoms with Gasteiger partial charge in [-0.15, -0.1) is 11.3 Å². The van der Waals surface area contributed by atoms with Crippen LogP contribution in [0.2, 0.25) is 0 Å². The molecule has 3 rings (SSSR count). The zero-order chi connectivity index (χ0) is 12.5. The molecule has 0 aromatic carbocycles. The molecule has 5 nitrogen and oxygen atoms in total. The summed E-state index contributed by atoms with van der Waals surface area (Å²) in [6, 6.07) is 2.16. The fourth-order valence-electron chi connectivity index (χ4n) is 2.28. The van der Waals surface area contributed by atoms with Crippen LogP contribution in [0.4, 0.5) is 5.82 Å². The van der Waals surface area contributed by atoms with E-state index in [0.29, 0.717) is 13.0 Å². The Kier molecular flexibility index (Phi) is 2.87. The van der Waals surface area contributed by atoms with Crippen molar-refractivity contribution < 1.29 is 4.79 Å². The van der Waals surface area contributed by atoms with E-state index in [-0.39, 0.29) is 11.9 Å². The predicted octanol–water partition coefficient (Wildman–Crippen LogP) is 1.41. The molecule has 18 heavy (non-hydrogen) atoms. The predicted molar refractivity (Wildman–Crippen MR) is 71.8 cm³/mol. The van der Waals surface area contributed by atoms with Gasteiger partial charge in [0, 0.05) is 25.6 Å². The first-order chi connectivity index (χ1) is 8.75. The number of rotatable bonds is 1. The van der Waals surface area contributed by atoms with Gasteiger partial charge in [-0.05, 0) is 18.4 Å². The molecule has 1 aliphatic rings. The van der Waals surface area contributed by atoms with E-state index in [0.717, 1.165) is 22.6 Å². The maximum absolute atomic E-state index is 11.5. The second-order valence-electron chi connectivity index (χ2n) is 4.43. The molecule has 0 unspecified atom stereocenters. The molecule has 1 N–H and O–H groups in total. The van der Waals surface area contributed by atoms with Crippen LogP contribution in [0.25, 0.3) is 10.2 Å². The largest absolute Gasteiger partial charge is 0.354 e. The molecule has 1 saturated heterocycles. The van der Waals surface area contributed by atoms with Gasteiger partial charge < -0.3 is 10.2 Å². The highest BCUT2D eigenvalue weighted by Gasteiger charge is 2.23. The first kappa shape index (κ1) is 11.4. The number of aromatic nitrogens is 2. The molecule has 2 aromatic rings. The number of carbonyl (C=O) groups is 1. The van der Waals surface area contributed by atoms with Crippen molar-refractivity contribution in [3.8, 4) is 0 Å². The molecule has 2 aromatic heterocycles. The molecule has 1 atom stereocenters. The van der Waals surface area contributed by atoms with Crippen LogP contribution >= 0.6 is 11.3 Å². The van der Waals surface area contributed by atoms with Crippen molar-refractivity contribution in [1.82, 2.24) is 15.3 Å². The number of nitrogens with one attached hydrogen (secondary N) is 1. The monoisotopic (exact) mass is 262 g/mol. The van der Waals surface area contributed by atoms with Crippen LogP contribution < -0.4 is 10.2 Å². The van der Waals surface area contributed by atoms with E-state index in [9.17, 15) is 4.79 Å². The lowest BCUT2D eigenvalue weighted by molar-refractivity contribution is -0.120. The van der Waals surface area contributed by atoms with Crippen LogP contribution in [0.5, 0.6) is 0 Å². The van der Waals surface area contributed by atoms with E-state index < -0.39 is 0 Å². The topological polar surface area (TPSA) is 58.1 Å². The smallest absolute Gasteiger partial charge is 0.222 e. The van der Waals surface area contributed by atoms with E-state index in [1.807, 2.05) is 11.4 Å². The van der Waals surface area contributed by atoms with Gasteiger partial charge >= 0.3 is 0 Å². The van der Waals surface area contributed by atoms with Crippen molar-refractivity contribution in [3.05, 3.63) is 17.8 Å². The van der Waals surface area contributed by atoms with Crippen LogP contribution in [0.15, 0.2) is 17.8 Å². The average Bonchev–Trinajstić information content (AvgIpc) is 2.76. The zero-order valence-corrected chi connectivity index (χ0v) is 10.9. The Morgan fingerprint density at radius 3 is 3.28 bits per heavy atom. The third kappa shape index (κ3) is 1.92. The van der Waals surface area contributed by atoms with Crippen LogP contribution in [-0.2, 0) is 4.79 Å². The number of thiophene rings is 1. The van der Waals surface area contributed by atoms with Gasteiger partial charge in [0.1, 0.15) is 12.1 Å². The molecule has 0 bridgehead atoms. The minimum Gasteiger partial charge on any atom is -0.354 e. The summed E-state index contributed by atoms with van der Waals surface area (Å²) in [5.74, 6) is 1.06. The molecule has 0 aliphatic carbocycles. The third-order valence-corrected chi connectivity index (χ3v) is 4.08. The molecular formula is C12H14N4OS. The minimum atomic E-state index is 0.112. The van der Waals surface area contributed by atoms with Crippen LogP contribution in [-0.4, -0.2) is 35.0 Å². The van der Waals surface area contributed by atoms with Gasteiger partial charge in [0.25, 0.3) is 0 Å². The summed E-state index contributed by atoms with van der Waals surface area (Å²) in [5.41, 5.74) is 0.973. The summed E-state index contributed by atoms with van der Waals surface area (Å²) in [6.45, 7) is 3.52. The lowest BCUT2D eigenvalue weighted by Gasteiger charge is -2.27. The summed E-state index contributed by atoms with van der Waals surface area (Å²) in [6.07, 6.45) is 2.11. The van der Waals surface area contributed by atoms with Gasteiger partial charge in [-0.3, -0.25) is 4.79 Å². The number of amides is 1. The van der Waals surface area contributed by atoms with Crippen molar-refractivity contribution in [3.63, 3.8) is 0 Å². The van der Waals surface area contributed by atoms with E-state index in [2.05, 4.69) is 27.1 Å². The van der Waals surface area contributed by atoms with Crippen molar-refractivity contribution in [2.45, 2.75) is 19.4 Å². The molecule has 0 saturated carbocycles. The first-order valence-electron chi connectivity index (χ1n) is 5.97. The summed E-state index contributed by atoms with van der Waals surface area (Å²) < 4.78 is 1.10. The molecule has 6 heteroatoms. The second kappa shape index (κ2) is 4.53. The lowest BCUT2D eigenvalue weighted by atomic mass is 10.2. The lowest BCUT2D eigenvalue weighted by Crippen LogP contribution is -2.35. The van der Waals surface area contributed by atoms with Gasteiger partial charge in [-0.25, -0.2) is 9.97 Å². The standard InChI is InChI=1S/C12H14N4OS/c1-8-6-10(17)13-3-4-16(8)12-11-9(2-5-18-11)14-7-15-12/h2,5,7-8H,3-4,6H2,1H3,(H,13,17)/t8-/m1/s1. The Bertz CT molecular complexity index is 582. The van der Waals surface area contributed by atoms with Gasteiger partial charge in [0.05, 0.1) is 10.2 Å². The van der Waals surface area contributed by atoms with Crippen LogP contribution in [0.1, 0.15) is 13.3 Å². The molecule has 3 heterocycles. The average molecular weight is 262 g/mol. The number of carbonyl (C=O) groups excluding carboxylic acids is 1. The fraction of sp³-hybridized carbons (Fsp3) is 0.417. The Morgan fingerprint density at radius 2 is 2.39 bits per heavy atom. The van der Waals surface area contributed by atoms with Crippen LogP contribution in [0.3, 0.4) is 0 Å². The molecule has 0 spiro atoms. The Morgan fingerprint density at radius 1 is 1.50 bits per heavy atom. The molecule has 1 aliphatic heterocycles. The number of hydrogen-bond acceptors (Lipinski definition) is 5. The number of hydrogen-bond donors (Lipinski definition) is 1. The van der Waals surface area contributed by atoms with Crippen molar-refractivity contribution in [2.24, 2.45) is 0 Å². The van der Waals surface area contributed by atoms with E-state index in [1.54, 1.807) is 17.7 Å². The van der Waals surface area contributed by atoms with Crippen molar-refractivity contribution >= 4 is 33.3 Å². The zero-order valence-electron chi connectivity index (χ0n) is 10.1. The summed E-state index contributed by atoms with van der Waals surface area (Å²) in [4.78, 5) is 22.4. The molecular weight excluding hydrogens is 248 g/mol. The Balaban J connectivity index is 2.02. The second-order valence-corrected chi connectivity index (χ2v) is 5.34. The first-order valence-corrected chi connectivity index (χ1v) is 6.85. The fourth-order valence-corrected chi connectivity index (χ4v) is 3.13. The highest BCUT2D eigenvalue weighted by Crippen LogP contribution is 2.29. The summed E-state index contributed by atoms with van der Waals surface area (Å²) in [5, 5.41) is 4.92. The van der Waals surface area contributed by atoms with E-state index in [1.165, 1.54) is 0 Å². The quantitative estimate of drug-likeness (QED) is 0.844. The van der Waals surface area contributed by atoms with Gasteiger partial charge in [0.2, 0.25) is 5.91 Å². The summed E-state index contributed by atoms with van der Waals surface area (Å²) >= 11 is 1.65. The maximum Gasteiger partial charge on any atom is 0.222 e.